The first kappa shape index (κ1) is 19.0. The number of nitrogens with zero attached hydrogens (tertiary/aromatic N) is 1. The molecule has 0 aromatic carbocycles. The smallest absolute Gasteiger partial charge is 0.328 e. The number of rotatable bonds is 4. The van der Waals surface area contributed by atoms with Crippen LogP contribution in [0.1, 0.15) is 76.2 Å². The molecule has 0 bridgehead atoms. The summed E-state index contributed by atoms with van der Waals surface area (Å²) in [5.74, 6) is -1.05. The van der Waals surface area contributed by atoms with E-state index >= 15 is 4.39 Å². The van der Waals surface area contributed by atoms with Crippen LogP contribution in [0.3, 0.4) is 0 Å². The molecule has 1 saturated carbocycles. The van der Waals surface area contributed by atoms with Crippen molar-refractivity contribution in [2.45, 2.75) is 56.1 Å². The second-order valence-corrected chi connectivity index (χ2v) is 9.29. The van der Waals surface area contributed by atoms with Crippen molar-refractivity contribution in [3.63, 3.8) is 0 Å². The highest BCUT2D eigenvalue weighted by molar-refractivity contribution is 7.12. The lowest BCUT2D eigenvalue weighted by Crippen LogP contribution is -2.38. The zero-order chi connectivity index (χ0) is 20.3. The SMILES string of the molecule is COC1c2c(c(=O)[nH]c(=O)n2C2CC2)C=C(F)C1c1cc2c(s1)CCCC2CO. The maximum atomic E-state index is 15.3. The van der Waals surface area contributed by atoms with Crippen LogP contribution >= 0.6 is 11.3 Å². The third kappa shape index (κ3) is 2.96. The summed E-state index contributed by atoms with van der Waals surface area (Å²) in [6.45, 7) is 0.0826. The Kier molecular flexibility index (Phi) is 4.60. The van der Waals surface area contributed by atoms with E-state index in [1.165, 1.54) is 18.1 Å². The molecule has 2 heterocycles. The largest absolute Gasteiger partial charge is 0.396 e. The Labute approximate surface area is 170 Å². The normalized spacial score (nSPS) is 26.0. The van der Waals surface area contributed by atoms with E-state index in [1.807, 2.05) is 6.07 Å². The number of aromatic amines is 1. The van der Waals surface area contributed by atoms with Crippen LogP contribution in [0.4, 0.5) is 4.39 Å². The predicted molar refractivity (Wildman–Crippen MR) is 108 cm³/mol. The van der Waals surface area contributed by atoms with E-state index < -0.39 is 29.1 Å². The summed E-state index contributed by atoms with van der Waals surface area (Å²) in [6.07, 6.45) is 5.08. The number of aliphatic hydroxyl groups is 1. The molecule has 154 valence electrons. The van der Waals surface area contributed by atoms with Gasteiger partial charge in [-0.05, 0) is 49.8 Å². The molecule has 0 saturated heterocycles. The number of nitrogens with one attached hydrogen (secondary N) is 1. The molecule has 0 aliphatic heterocycles. The molecule has 2 N–H and O–H groups in total. The van der Waals surface area contributed by atoms with Gasteiger partial charge in [0, 0.05) is 35.4 Å². The van der Waals surface area contributed by atoms with Crippen LogP contribution in [-0.2, 0) is 11.2 Å². The number of halogens is 1. The van der Waals surface area contributed by atoms with Gasteiger partial charge in [-0.25, -0.2) is 9.18 Å². The van der Waals surface area contributed by atoms with Gasteiger partial charge in [-0.2, -0.15) is 0 Å². The molecule has 2 aromatic rings. The molecule has 29 heavy (non-hydrogen) atoms. The van der Waals surface area contributed by atoms with Crippen molar-refractivity contribution >= 4 is 17.4 Å². The molecule has 3 atom stereocenters. The number of ether oxygens (including phenoxy) is 1. The Bertz CT molecular complexity index is 1110. The number of aliphatic hydroxyl groups excluding tert-OH is 1. The van der Waals surface area contributed by atoms with Gasteiger partial charge in [0.15, 0.2) is 0 Å². The van der Waals surface area contributed by atoms with Crippen molar-refractivity contribution < 1.29 is 14.2 Å². The Hall–Kier alpha value is -2.03. The highest BCUT2D eigenvalue weighted by Gasteiger charge is 2.41. The van der Waals surface area contributed by atoms with Crippen LogP contribution in [-0.4, -0.2) is 28.4 Å². The first-order valence-electron chi connectivity index (χ1n) is 10.1. The highest BCUT2D eigenvalue weighted by atomic mass is 32.1. The summed E-state index contributed by atoms with van der Waals surface area (Å²) < 4.78 is 22.6. The summed E-state index contributed by atoms with van der Waals surface area (Å²) in [5, 5.41) is 9.72. The minimum atomic E-state index is -0.752. The van der Waals surface area contributed by atoms with E-state index in [2.05, 4.69) is 4.98 Å². The van der Waals surface area contributed by atoms with Crippen molar-refractivity contribution in [3.8, 4) is 0 Å². The van der Waals surface area contributed by atoms with Gasteiger partial charge >= 0.3 is 5.69 Å². The monoisotopic (exact) mass is 418 g/mol. The lowest BCUT2D eigenvalue weighted by molar-refractivity contribution is 0.0733. The molecule has 0 amide bonds. The average molecular weight is 418 g/mol. The number of thiophene rings is 1. The maximum Gasteiger partial charge on any atom is 0.328 e. The maximum absolute atomic E-state index is 15.3. The van der Waals surface area contributed by atoms with E-state index in [1.54, 1.807) is 15.9 Å². The number of aromatic nitrogens is 2. The van der Waals surface area contributed by atoms with Crippen molar-refractivity contribution in [2.24, 2.45) is 0 Å². The van der Waals surface area contributed by atoms with Crippen LogP contribution in [0.2, 0.25) is 0 Å². The lowest BCUT2D eigenvalue weighted by atomic mass is 9.85. The Balaban J connectivity index is 1.68. The van der Waals surface area contributed by atoms with Gasteiger partial charge in [-0.1, -0.05) is 0 Å². The number of fused-ring (bicyclic) bond motifs is 2. The number of H-pyrrole nitrogens is 1. The third-order valence-electron chi connectivity index (χ3n) is 6.32. The molecule has 3 aliphatic carbocycles. The van der Waals surface area contributed by atoms with Gasteiger partial charge < -0.3 is 9.84 Å². The molecular formula is C21H23FN2O4S. The average Bonchev–Trinajstić information content (AvgIpc) is 3.44. The summed E-state index contributed by atoms with van der Waals surface area (Å²) >= 11 is 1.55. The number of hydrogen-bond donors (Lipinski definition) is 2. The fourth-order valence-electron chi connectivity index (χ4n) is 4.78. The molecular weight excluding hydrogens is 395 g/mol. The van der Waals surface area contributed by atoms with Gasteiger partial charge in [-0.15, -0.1) is 11.3 Å². The van der Waals surface area contributed by atoms with Gasteiger partial charge in [0.2, 0.25) is 0 Å². The van der Waals surface area contributed by atoms with Crippen molar-refractivity contribution in [2.75, 3.05) is 13.7 Å². The predicted octanol–water partition coefficient (Wildman–Crippen LogP) is 3.14. The van der Waals surface area contributed by atoms with E-state index in [9.17, 15) is 14.7 Å². The second-order valence-electron chi connectivity index (χ2n) is 8.12. The fraction of sp³-hybridized carbons (Fsp3) is 0.524. The Morgan fingerprint density at radius 2 is 2.14 bits per heavy atom. The summed E-state index contributed by atoms with van der Waals surface area (Å²) in [7, 11) is 1.49. The van der Waals surface area contributed by atoms with Gasteiger partial charge in [0.05, 0.1) is 17.2 Å². The quantitative estimate of drug-likeness (QED) is 0.799. The van der Waals surface area contributed by atoms with Crippen molar-refractivity contribution in [3.05, 3.63) is 59.3 Å². The molecule has 6 nitrogen and oxygen atoms in total. The summed E-state index contributed by atoms with van der Waals surface area (Å²) in [6, 6.07) is 2.01. The third-order valence-corrected chi connectivity index (χ3v) is 7.61. The molecule has 0 spiro atoms. The minimum Gasteiger partial charge on any atom is -0.396 e. The molecule has 5 rings (SSSR count). The number of hydrogen-bond acceptors (Lipinski definition) is 5. The van der Waals surface area contributed by atoms with E-state index in [0.717, 1.165) is 42.5 Å². The topological polar surface area (TPSA) is 84.3 Å². The highest BCUT2D eigenvalue weighted by Crippen LogP contribution is 2.50. The fourth-order valence-corrected chi connectivity index (χ4v) is 6.20. The van der Waals surface area contributed by atoms with E-state index in [0.29, 0.717) is 5.69 Å². The van der Waals surface area contributed by atoms with Crippen molar-refractivity contribution in [1.82, 2.24) is 9.55 Å². The standard InChI is InChI=1S/C21H23FN2O4S/c1-28-19-17(16-8-12-10(9-25)3-2-4-15(12)29-16)14(22)7-13-18(19)24(11-5-6-11)21(27)23-20(13)26/h7-8,10-11,17,19,25H,2-6,9H2,1H3,(H,23,26,27). The van der Waals surface area contributed by atoms with Crippen LogP contribution in [0.25, 0.3) is 6.08 Å². The molecule has 3 unspecified atom stereocenters. The molecule has 1 fully saturated rings. The van der Waals surface area contributed by atoms with Crippen molar-refractivity contribution in [1.29, 1.82) is 0 Å². The van der Waals surface area contributed by atoms with Crippen LogP contribution in [0.5, 0.6) is 0 Å². The molecule has 3 aliphatic rings. The zero-order valence-corrected chi connectivity index (χ0v) is 16.9. The second kappa shape index (κ2) is 7.04. The minimum absolute atomic E-state index is 0.0243. The zero-order valence-electron chi connectivity index (χ0n) is 16.1. The van der Waals surface area contributed by atoms with E-state index in [-0.39, 0.29) is 24.1 Å². The van der Waals surface area contributed by atoms with Gasteiger partial charge in [0.25, 0.3) is 5.56 Å². The van der Waals surface area contributed by atoms with E-state index in [4.69, 9.17) is 4.74 Å². The molecule has 2 aromatic heterocycles. The Morgan fingerprint density at radius 3 is 2.83 bits per heavy atom. The van der Waals surface area contributed by atoms with Gasteiger partial charge in [0.1, 0.15) is 11.9 Å². The first-order chi connectivity index (χ1) is 14.0. The summed E-state index contributed by atoms with van der Waals surface area (Å²) in [4.78, 5) is 29.3. The van der Waals surface area contributed by atoms with Crippen LogP contribution < -0.4 is 11.2 Å². The molecule has 8 heteroatoms. The van der Waals surface area contributed by atoms with Crippen LogP contribution in [0, 0.1) is 0 Å². The molecule has 0 radical (unpaired) electrons. The summed E-state index contributed by atoms with van der Waals surface area (Å²) in [5.41, 5.74) is 0.700. The first-order valence-corrected chi connectivity index (χ1v) is 10.9. The van der Waals surface area contributed by atoms with Crippen LogP contribution in [0.15, 0.2) is 21.5 Å². The number of aryl methyl sites for hydroxylation is 1. The lowest BCUT2D eigenvalue weighted by Gasteiger charge is -2.31. The van der Waals surface area contributed by atoms with Gasteiger partial charge in [-0.3, -0.25) is 14.3 Å². The number of methoxy groups -OCH3 is 1. The Morgan fingerprint density at radius 1 is 1.34 bits per heavy atom.